The summed E-state index contributed by atoms with van der Waals surface area (Å²) in [5.41, 5.74) is 2.91. The standard InChI is InChI=1S/C25H30N2O5/c1-16(2)7-8-26-24(29)13-27-21-12-19(5-6-23(21)32-15-25(27)30)22(28)14-31-20-10-17(3)9-18(4)11-20/h5-6,9-12,16H,7-8,13-15H2,1-4H3,(H,26,29). The first-order valence-corrected chi connectivity index (χ1v) is 10.8. The van der Waals surface area contributed by atoms with Gasteiger partial charge in [-0.15, -0.1) is 0 Å². The van der Waals surface area contributed by atoms with Gasteiger partial charge in [0.15, 0.2) is 19.0 Å². The summed E-state index contributed by atoms with van der Waals surface area (Å²) in [7, 11) is 0. The molecule has 0 atom stereocenters. The molecule has 0 saturated heterocycles. The van der Waals surface area contributed by atoms with Crippen molar-refractivity contribution in [3.8, 4) is 11.5 Å². The summed E-state index contributed by atoms with van der Waals surface area (Å²) in [6, 6.07) is 10.7. The lowest BCUT2D eigenvalue weighted by molar-refractivity contribution is -0.125. The van der Waals surface area contributed by atoms with Crippen LogP contribution in [0.25, 0.3) is 0 Å². The summed E-state index contributed by atoms with van der Waals surface area (Å²) in [6.45, 7) is 8.25. The van der Waals surface area contributed by atoms with Crippen molar-refractivity contribution in [2.24, 2.45) is 5.92 Å². The van der Waals surface area contributed by atoms with Crippen molar-refractivity contribution in [2.75, 3.05) is 31.2 Å². The number of hydrogen-bond donors (Lipinski definition) is 1. The van der Waals surface area contributed by atoms with Gasteiger partial charge in [0.05, 0.1) is 5.69 Å². The van der Waals surface area contributed by atoms with Crippen LogP contribution in [0.2, 0.25) is 0 Å². The van der Waals surface area contributed by atoms with E-state index >= 15 is 0 Å². The molecule has 1 N–H and O–H groups in total. The number of rotatable bonds is 9. The molecule has 1 aliphatic rings. The Hall–Kier alpha value is -3.35. The molecule has 1 aliphatic heterocycles. The molecule has 0 spiro atoms. The van der Waals surface area contributed by atoms with Gasteiger partial charge in [-0.2, -0.15) is 0 Å². The predicted molar refractivity (Wildman–Crippen MR) is 122 cm³/mol. The monoisotopic (exact) mass is 438 g/mol. The number of amides is 2. The Morgan fingerprint density at radius 2 is 1.84 bits per heavy atom. The summed E-state index contributed by atoms with van der Waals surface area (Å²) in [5.74, 6) is 0.763. The first-order chi connectivity index (χ1) is 15.2. The van der Waals surface area contributed by atoms with Crippen LogP contribution in [0.4, 0.5) is 5.69 Å². The van der Waals surface area contributed by atoms with Gasteiger partial charge in [-0.25, -0.2) is 0 Å². The quantitative estimate of drug-likeness (QED) is 0.606. The number of carbonyl (C=O) groups excluding carboxylic acids is 3. The molecule has 3 rings (SSSR count). The SMILES string of the molecule is Cc1cc(C)cc(OCC(=O)c2ccc3c(c2)N(CC(=O)NCCC(C)C)C(=O)CO3)c1. The van der Waals surface area contributed by atoms with Crippen LogP contribution >= 0.6 is 0 Å². The number of nitrogens with one attached hydrogen (secondary N) is 1. The van der Waals surface area contributed by atoms with E-state index in [9.17, 15) is 14.4 Å². The number of aryl methyl sites for hydroxylation is 2. The maximum Gasteiger partial charge on any atom is 0.265 e. The first-order valence-electron chi connectivity index (χ1n) is 10.8. The zero-order chi connectivity index (χ0) is 23.3. The van der Waals surface area contributed by atoms with E-state index < -0.39 is 0 Å². The Kier molecular flexibility index (Phi) is 7.51. The molecule has 2 aromatic carbocycles. The van der Waals surface area contributed by atoms with Crippen LogP contribution in [-0.2, 0) is 9.59 Å². The van der Waals surface area contributed by atoms with Crippen molar-refractivity contribution in [1.82, 2.24) is 5.32 Å². The van der Waals surface area contributed by atoms with Crippen molar-refractivity contribution < 1.29 is 23.9 Å². The van der Waals surface area contributed by atoms with Gasteiger partial charge < -0.3 is 14.8 Å². The molecule has 7 heteroatoms. The average Bonchev–Trinajstić information content (AvgIpc) is 2.73. The summed E-state index contributed by atoms with van der Waals surface area (Å²) in [4.78, 5) is 38.9. The lowest BCUT2D eigenvalue weighted by Crippen LogP contribution is -2.45. The molecule has 7 nitrogen and oxygen atoms in total. The molecule has 0 unspecified atom stereocenters. The Balaban J connectivity index is 1.70. The highest BCUT2D eigenvalue weighted by Gasteiger charge is 2.28. The minimum atomic E-state index is -0.326. The van der Waals surface area contributed by atoms with Crippen LogP contribution in [0.15, 0.2) is 36.4 Å². The molecule has 0 fully saturated rings. The molecule has 0 aliphatic carbocycles. The van der Waals surface area contributed by atoms with Crippen LogP contribution in [0.1, 0.15) is 41.8 Å². The summed E-state index contributed by atoms with van der Waals surface area (Å²) in [5, 5.41) is 2.84. The zero-order valence-corrected chi connectivity index (χ0v) is 19.1. The van der Waals surface area contributed by atoms with Gasteiger partial charge in [-0.1, -0.05) is 19.9 Å². The third-order valence-electron chi connectivity index (χ3n) is 5.13. The smallest absolute Gasteiger partial charge is 0.265 e. The molecule has 0 aromatic heterocycles. The highest BCUT2D eigenvalue weighted by atomic mass is 16.5. The predicted octanol–water partition coefficient (Wildman–Crippen LogP) is 3.45. The van der Waals surface area contributed by atoms with E-state index in [4.69, 9.17) is 9.47 Å². The average molecular weight is 439 g/mol. The van der Waals surface area contributed by atoms with E-state index in [1.165, 1.54) is 4.90 Å². The van der Waals surface area contributed by atoms with E-state index in [1.54, 1.807) is 18.2 Å². The zero-order valence-electron chi connectivity index (χ0n) is 19.1. The number of nitrogens with zero attached hydrogens (tertiary/aromatic N) is 1. The van der Waals surface area contributed by atoms with E-state index in [-0.39, 0.29) is 37.4 Å². The van der Waals surface area contributed by atoms with Crippen LogP contribution in [0.3, 0.4) is 0 Å². The van der Waals surface area contributed by atoms with E-state index in [0.29, 0.717) is 35.2 Å². The third-order valence-corrected chi connectivity index (χ3v) is 5.13. The fraction of sp³-hybridized carbons (Fsp3) is 0.400. The number of ether oxygens (including phenoxy) is 2. The minimum absolute atomic E-state index is 0.121. The molecular weight excluding hydrogens is 408 g/mol. The van der Waals surface area contributed by atoms with Crippen LogP contribution < -0.4 is 19.7 Å². The van der Waals surface area contributed by atoms with Crippen molar-refractivity contribution in [3.05, 3.63) is 53.1 Å². The largest absolute Gasteiger partial charge is 0.485 e. The van der Waals surface area contributed by atoms with Gasteiger partial charge >= 0.3 is 0 Å². The van der Waals surface area contributed by atoms with Crippen LogP contribution in [-0.4, -0.2) is 43.9 Å². The Morgan fingerprint density at radius 1 is 1.12 bits per heavy atom. The summed E-state index contributed by atoms with van der Waals surface area (Å²) >= 11 is 0. The van der Waals surface area contributed by atoms with Gasteiger partial charge in [-0.05, 0) is 67.6 Å². The lowest BCUT2D eigenvalue weighted by atomic mass is 10.1. The van der Waals surface area contributed by atoms with E-state index in [2.05, 4.69) is 19.2 Å². The minimum Gasteiger partial charge on any atom is -0.485 e. The highest BCUT2D eigenvalue weighted by molar-refractivity contribution is 6.04. The number of anilines is 1. The molecule has 170 valence electrons. The number of hydrogen-bond acceptors (Lipinski definition) is 5. The molecule has 0 saturated carbocycles. The number of carbonyl (C=O) groups is 3. The highest BCUT2D eigenvalue weighted by Crippen LogP contribution is 2.33. The third kappa shape index (κ3) is 6.09. The normalized spacial score (nSPS) is 12.9. The summed E-state index contributed by atoms with van der Waals surface area (Å²) in [6.07, 6.45) is 0.860. The number of fused-ring (bicyclic) bond motifs is 1. The first kappa shape index (κ1) is 23.3. The Labute approximate surface area is 188 Å². The Bertz CT molecular complexity index is 995. The van der Waals surface area contributed by atoms with Crippen molar-refractivity contribution in [1.29, 1.82) is 0 Å². The number of ketones is 1. The fourth-order valence-electron chi connectivity index (χ4n) is 3.50. The second-order valence-electron chi connectivity index (χ2n) is 8.52. The molecule has 0 radical (unpaired) electrons. The van der Waals surface area contributed by atoms with Gasteiger partial charge in [0.2, 0.25) is 5.91 Å². The van der Waals surface area contributed by atoms with Gasteiger partial charge in [-0.3, -0.25) is 19.3 Å². The van der Waals surface area contributed by atoms with Crippen molar-refractivity contribution in [3.63, 3.8) is 0 Å². The Morgan fingerprint density at radius 3 is 2.53 bits per heavy atom. The topological polar surface area (TPSA) is 84.9 Å². The maximum atomic E-state index is 12.7. The van der Waals surface area contributed by atoms with Crippen molar-refractivity contribution >= 4 is 23.3 Å². The molecule has 32 heavy (non-hydrogen) atoms. The second kappa shape index (κ2) is 10.3. The van der Waals surface area contributed by atoms with Gasteiger partial charge in [0, 0.05) is 12.1 Å². The number of benzene rings is 2. The number of Topliss-reactive ketones (excluding diaryl/α,β-unsaturated/α-hetero) is 1. The maximum absolute atomic E-state index is 12.7. The van der Waals surface area contributed by atoms with Crippen LogP contribution in [0.5, 0.6) is 11.5 Å². The molecule has 2 aromatic rings. The van der Waals surface area contributed by atoms with Gasteiger partial charge in [0.25, 0.3) is 5.91 Å². The molecule has 1 heterocycles. The second-order valence-corrected chi connectivity index (χ2v) is 8.52. The molecule has 0 bridgehead atoms. The molecule has 2 amide bonds. The van der Waals surface area contributed by atoms with Gasteiger partial charge in [0.1, 0.15) is 18.0 Å². The fourth-order valence-corrected chi connectivity index (χ4v) is 3.50. The molecular formula is C25H30N2O5. The van der Waals surface area contributed by atoms with Crippen molar-refractivity contribution in [2.45, 2.75) is 34.1 Å². The lowest BCUT2D eigenvalue weighted by Gasteiger charge is -2.29. The van der Waals surface area contributed by atoms with E-state index in [0.717, 1.165) is 17.5 Å². The van der Waals surface area contributed by atoms with Crippen LogP contribution in [0, 0.1) is 19.8 Å². The summed E-state index contributed by atoms with van der Waals surface area (Å²) < 4.78 is 11.2. The van der Waals surface area contributed by atoms with E-state index in [1.807, 2.05) is 32.0 Å².